The zero-order chi connectivity index (χ0) is 19.4. The first kappa shape index (κ1) is 19.1. The third kappa shape index (κ3) is 2.78. The number of aromatic hydroxyl groups is 2. The van der Waals surface area contributed by atoms with E-state index >= 15 is 0 Å². The molecule has 2 N–H and O–H groups in total. The minimum Gasteiger partial charge on any atom is -0.504 e. The van der Waals surface area contributed by atoms with Gasteiger partial charge in [0.1, 0.15) is 6.10 Å². The Bertz CT molecular complexity index is 734. The predicted octanol–water partition coefficient (Wildman–Crippen LogP) is 4.83. The standard InChI is InChI=1S/C22H32O4/c1-12(2)15-10-14(13(3)17(23)18(15)24)11-16-19-21(4,5)8-7-9-22(19,6)20(25)26-16/h10,12,16,19,23-24H,7-9,11H2,1-6H3/t16-,19?,22-/m1/s1. The fraction of sp³-hybridized carbons (Fsp3) is 0.682. The summed E-state index contributed by atoms with van der Waals surface area (Å²) < 4.78 is 5.89. The van der Waals surface area contributed by atoms with Crippen LogP contribution in [0.15, 0.2) is 6.07 Å². The number of phenolic OH excluding ortho intramolecular Hbond substituents is 2. The molecule has 1 saturated heterocycles. The van der Waals surface area contributed by atoms with Crippen molar-refractivity contribution in [3.63, 3.8) is 0 Å². The first-order valence-electron chi connectivity index (χ1n) is 9.74. The van der Waals surface area contributed by atoms with Gasteiger partial charge in [-0.1, -0.05) is 40.2 Å². The third-order valence-corrected chi connectivity index (χ3v) is 6.85. The van der Waals surface area contributed by atoms with Crippen LogP contribution in [-0.4, -0.2) is 22.3 Å². The Morgan fingerprint density at radius 1 is 1.19 bits per heavy atom. The van der Waals surface area contributed by atoms with E-state index in [0.29, 0.717) is 12.0 Å². The lowest BCUT2D eigenvalue weighted by atomic mass is 9.55. The number of carbonyl (C=O) groups is 1. The third-order valence-electron chi connectivity index (χ3n) is 6.85. The van der Waals surface area contributed by atoms with Crippen LogP contribution in [0.25, 0.3) is 0 Å². The fourth-order valence-electron chi connectivity index (χ4n) is 5.43. The van der Waals surface area contributed by atoms with Crippen LogP contribution in [0, 0.1) is 23.7 Å². The summed E-state index contributed by atoms with van der Waals surface area (Å²) in [6, 6.07) is 1.97. The Morgan fingerprint density at radius 3 is 2.46 bits per heavy atom. The summed E-state index contributed by atoms with van der Waals surface area (Å²) in [7, 11) is 0. The van der Waals surface area contributed by atoms with Gasteiger partial charge in [-0.05, 0) is 49.1 Å². The van der Waals surface area contributed by atoms with Gasteiger partial charge in [0.2, 0.25) is 0 Å². The molecule has 0 spiro atoms. The number of carbonyl (C=O) groups excluding carboxylic acids is 1. The number of hydrogen-bond acceptors (Lipinski definition) is 4. The van der Waals surface area contributed by atoms with Crippen LogP contribution in [0.1, 0.15) is 76.5 Å². The minimum absolute atomic E-state index is 0.0347. The first-order valence-corrected chi connectivity index (χ1v) is 9.74. The average molecular weight is 360 g/mol. The summed E-state index contributed by atoms with van der Waals surface area (Å²) >= 11 is 0. The van der Waals surface area contributed by atoms with Crippen LogP contribution in [0.2, 0.25) is 0 Å². The molecule has 1 heterocycles. The summed E-state index contributed by atoms with van der Waals surface area (Å²) in [4.78, 5) is 12.7. The van der Waals surface area contributed by atoms with Gasteiger partial charge in [0, 0.05) is 17.9 Å². The average Bonchev–Trinajstić information content (AvgIpc) is 2.79. The van der Waals surface area contributed by atoms with Crippen LogP contribution < -0.4 is 0 Å². The topological polar surface area (TPSA) is 66.8 Å². The number of ether oxygens (including phenoxy) is 1. The van der Waals surface area contributed by atoms with Gasteiger partial charge in [-0.15, -0.1) is 0 Å². The van der Waals surface area contributed by atoms with Gasteiger partial charge in [-0.2, -0.15) is 0 Å². The summed E-state index contributed by atoms with van der Waals surface area (Å²) in [5.41, 5.74) is 1.98. The molecule has 1 aliphatic heterocycles. The van der Waals surface area contributed by atoms with E-state index < -0.39 is 5.41 Å². The second-order valence-electron chi connectivity index (χ2n) is 9.49. The van der Waals surface area contributed by atoms with Gasteiger partial charge in [-0.3, -0.25) is 4.79 Å². The largest absolute Gasteiger partial charge is 0.504 e. The molecular formula is C22H32O4. The summed E-state index contributed by atoms with van der Waals surface area (Å²) in [6.07, 6.45) is 3.42. The van der Waals surface area contributed by atoms with Gasteiger partial charge in [0.25, 0.3) is 0 Å². The molecule has 1 aromatic carbocycles. The molecule has 0 bridgehead atoms. The fourth-order valence-corrected chi connectivity index (χ4v) is 5.43. The monoisotopic (exact) mass is 360 g/mol. The summed E-state index contributed by atoms with van der Waals surface area (Å²) in [5, 5.41) is 20.6. The summed E-state index contributed by atoms with van der Waals surface area (Å²) in [6.45, 7) is 12.3. The van der Waals surface area contributed by atoms with Gasteiger partial charge >= 0.3 is 5.97 Å². The van der Waals surface area contributed by atoms with E-state index in [1.807, 2.05) is 26.8 Å². The van der Waals surface area contributed by atoms with Crippen molar-refractivity contribution in [1.29, 1.82) is 0 Å². The predicted molar refractivity (Wildman–Crippen MR) is 101 cm³/mol. The maximum atomic E-state index is 12.7. The Hall–Kier alpha value is -1.71. The molecule has 3 atom stereocenters. The Labute approximate surface area is 156 Å². The van der Waals surface area contributed by atoms with Gasteiger partial charge in [0.05, 0.1) is 5.41 Å². The van der Waals surface area contributed by atoms with E-state index in [2.05, 4.69) is 20.8 Å². The molecule has 26 heavy (non-hydrogen) atoms. The maximum absolute atomic E-state index is 12.7. The normalized spacial score (nSPS) is 30.3. The van der Waals surface area contributed by atoms with E-state index in [-0.39, 0.29) is 40.8 Å². The van der Waals surface area contributed by atoms with Crippen LogP contribution >= 0.6 is 0 Å². The second kappa shape index (κ2) is 6.17. The number of rotatable bonds is 3. The number of hydrogen-bond donors (Lipinski definition) is 2. The molecule has 1 aliphatic carbocycles. The maximum Gasteiger partial charge on any atom is 0.312 e. The highest BCUT2D eigenvalue weighted by Crippen LogP contribution is 2.58. The molecule has 1 unspecified atom stereocenters. The van der Waals surface area contributed by atoms with Crippen LogP contribution in [0.3, 0.4) is 0 Å². The highest BCUT2D eigenvalue weighted by molar-refractivity contribution is 5.79. The smallest absolute Gasteiger partial charge is 0.312 e. The molecular weight excluding hydrogens is 328 g/mol. The van der Waals surface area contributed by atoms with Crippen molar-refractivity contribution in [3.8, 4) is 11.5 Å². The molecule has 0 radical (unpaired) electrons. The Balaban J connectivity index is 2.00. The van der Waals surface area contributed by atoms with Crippen molar-refractivity contribution in [1.82, 2.24) is 0 Å². The molecule has 1 aromatic rings. The number of cyclic esters (lactones) is 1. The van der Waals surface area contributed by atoms with Crippen molar-refractivity contribution in [2.24, 2.45) is 16.7 Å². The molecule has 2 aliphatic rings. The quantitative estimate of drug-likeness (QED) is 0.598. The van der Waals surface area contributed by atoms with Crippen molar-refractivity contribution >= 4 is 5.97 Å². The lowest BCUT2D eigenvalue weighted by molar-refractivity contribution is -0.149. The molecule has 144 valence electrons. The number of benzene rings is 1. The van der Waals surface area contributed by atoms with E-state index in [1.54, 1.807) is 0 Å². The zero-order valence-corrected chi connectivity index (χ0v) is 16.8. The SMILES string of the molecule is Cc1c(C[C@H]2OC(=O)[C@]3(C)CCCC(C)(C)C23)cc(C(C)C)c(O)c1O. The van der Waals surface area contributed by atoms with Crippen molar-refractivity contribution in [2.45, 2.75) is 79.2 Å². The van der Waals surface area contributed by atoms with E-state index in [0.717, 1.165) is 30.4 Å². The lowest BCUT2D eigenvalue weighted by Gasteiger charge is -2.45. The second-order valence-corrected chi connectivity index (χ2v) is 9.49. The van der Waals surface area contributed by atoms with Crippen molar-refractivity contribution in [3.05, 3.63) is 22.8 Å². The van der Waals surface area contributed by atoms with Crippen LogP contribution in [0.4, 0.5) is 0 Å². The zero-order valence-electron chi connectivity index (χ0n) is 16.8. The van der Waals surface area contributed by atoms with Crippen molar-refractivity contribution in [2.75, 3.05) is 0 Å². The highest BCUT2D eigenvalue weighted by Gasteiger charge is 2.60. The highest BCUT2D eigenvalue weighted by atomic mass is 16.6. The molecule has 2 fully saturated rings. The van der Waals surface area contributed by atoms with E-state index in [1.165, 1.54) is 0 Å². The number of phenols is 2. The molecule has 0 aromatic heterocycles. The molecule has 1 saturated carbocycles. The lowest BCUT2D eigenvalue weighted by Crippen LogP contribution is -2.45. The van der Waals surface area contributed by atoms with E-state index in [9.17, 15) is 15.0 Å². The first-order chi connectivity index (χ1) is 12.0. The van der Waals surface area contributed by atoms with Gasteiger partial charge in [0.15, 0.2) is 11.5 Å². The Morgan fingerprint density at radius 2 is 1.85 bits per heavy atom. The molecule has 4 nitrogen and oxygen atoms in total. The van der Waals surface area contributed by atoms with Crippen molar-refractivity contribution < 1.29 is 19.7 Å². The van der Waals surface area contributed by atoms with E-state index in [4.69, 9.17) is 4.74 Å². The Kier molecular flexibility index (Phi) is 4.53. The molecule has 0 amide bonds. The minimum atomic E-state index is -0.417. The van der Waals surface area contributed by atoms with Crippen LogP contribution in [0.5, 0.6) is 11.5 Å². The summed E-state index contributed by atoms with van der Waals surface area (Å²) in [5.74, 6) is 0.0931. The van der Waals surface area contributed by atoms with Gasteiger partial charge < -0.3 is 14.9 Å². The number of esters is 1. The molecule has 3 rings (SSSR count). The van der Waals surface area contributed by atoms with Crippen LogP contribution in [-0.2, 0) is 16.0 Å². The van der Waals surface area contributed by atoms with Gasteiger partial charge in [-0.25, -0.2) is 0 Å². The number of fused-ring (bicyclic) bond motifs is 1. The molecule has 4 heteroatoms.